The highest BCUT2D eigenvalue weighted by Gasteiger charge is 2.31. The molecule has 0 aliphatic carbocycles. The van der Waals surface area contributed by atoms with E-state index in [1.807, 2.05) is 61.6 Å². The van der Waals surface area contributed by atoms with E-state index in [0.29, 0.717) is 24.3 Å². The molecule has 9 nitrogen and oxygen atoms in total. The fourth-order valence-electron chi connectivity index (χ4n) is 3.78. The highest BCUT2D eigenvalue weighted by Crippen LogP contribution is 2.27. The number of rotatable bonds is 8. The third kappa shape index (κ3) is 5.97. The molecule has 0 aliphatic heterocycles. The molecule has 0 N–H and O–H groups in total. The van der Waals surface area contributed by atoms with Gasteiger partial charge in [-0.05, 0) is 60.5 Å². The molecule has 0 atom stereocenters. The van der Waals surface area contributed by atoms with E-state index in [2.05, 4.69) is 29.9 Å². The Morgan fingerprint density at radius 1 is 1.03 bits per heavy atom. The van der Waals surface area contributed by atoms with Crippen molar-refractivity contribution in [2.75, 3.05) is 11.9 Å². The van der Waals surface area contributed by atoms with Crippen LogP contribution in [0.15, 0.2) is 77.7 Å². The van der Waals surface area contributed by atoms with Gasteiger partial charge in [-0.15, -0.1) is 13.2 Å². The standard InChI is InChI=1S/C26H22F3N7O2/c1-17-12-22(25-32-24(34-38-25)20-6-8-21(9-7-20)37-26(27,28)29)33-36(17)16-19-5-10-23(31-14-19)35(2)15-18-4-3-11-30-13-18/h3-14H,15-16H2,1-2H3. The first-order valence-corrected chi connectivity index (χ1v) is 11.5. The van der Waals surface area contributed by atoms with Gasteiger partial charge in [-0.1, -0.05) is 17.3 Å². The quantitative estimate of drug-likeness (QED) is 0.272. The Bertz CT molecular complexity index is 1500. The number of anilines is 1. The molecule has 38 heavy (non-hydrogen) atoms. The predicted octanol–water partition coefficient (Wildman–Crippen LogP) is 5.28. The Balaban J connectivity index is 1.25. The molecule has 0 saturated heterocycles. The summed E-state index contributed by atoms with van der Waals surface area (Å²) < 4.78 is 48.2. The second-order valence-corrected chi connectivity index (χ2v) is 8.57. The molecule has 0 radical (unpaired) electrons. The summed E-state index contributed by atoms with van der Waals surface area (Å²) in [6.45, 7) is 3.10. The molecule has 0 unspecified atom stereocenters. The van der Waals surface area contributed by atoms with Gasteiger partial charge in [0.05, 0.1) is 6.54 Å². The first kappa shape index (κ1) is 24.9. The second-order valence-electron chi connectivity index (χ2n) is 8.57. The van der Waals surface area contributed by atoms with Gasteiger partial charge in [-0.25, -0.2) is 4.98 Å². The molecular formula is C26H22F3N7O2. The Hall–Kier alpha value is -4.74. The van der Waals surface area contributed by atoms with Gasteiger partial charge in [0.15, 0.2) is 5.69 Å². The van der Waals surface area contributed by atoms with Gasteiger partial charge in [0.2, 0.25) is 5.82 Å². The average Bonchev–Trinajstić information content (AvgIpc) is 3.52. The van der Waals surface area contributed by atoms with Crippen molar-refractivity contribution in [2.24, 2.45) is 0 Å². The van der Waals surface area contributed by atoms with Gasteiger partial charge in [0, 0.05) is 43.4 Å². The number of hydrogen-bond donors (Lipinski definition) is 0. The Morgan fingerprint density at radius 3 is 2.53 bits per heavy atom. The van der Waals surface area contributed by atoms with Crippen molar-refractivity contribution < 1.29 is 22.4 Å². The summed E-state index contributed by atoms with van der Waals surface area (Å²) in [7, 11) is 1.97. The van der Waals surface area contributed by atoms with Crippen LogP contribution in [0, 0.1) is 6.92 Å². The van der Waals surface area contributed by atoms with Crippen molar-refractivity contribution >= 4 is 5.82 Å². The minimum Gasteiger partial charge on any atom is -0.406 e. The van der Waals surface area contributed by atoms with E-state index in [0.717, 1.165) is 22.6 Å². The number of hydrogen-bond acceptors (Lipinski definition) is 8. The zero-order valence-corrected chi connectivity index (χ0v) is 20.4. The van der Waals surface area contributed by atoms with Gasteiger partial charge in [-0.3, -0.25) is 9.67 Å². The fraction of sp³-hybridized carbons (Fsp3) is 0.192. The lowest BCUT2D eigenvalue weighted by atomic mass is 10.2. The number of benzene rings is 1. The maximum Gasteiger partial charge on any atom is 0.573 e. The fourth-order valence-corrected chi connectivity index (χ4v) is 3.78. The summed E-state index contributed by atoms with van der Waals surface area (Å²) in [5.74, 6) is 0.929. The normalized spacial score (nSPS) is 11.5. The van der Waals surface area contributed by atoms with Crippen molar-refractivity contribution in [1.29, 1.82) is 0 Å². The van der Waals surface area contributed by atoms with Crippen molar-refractivity contribution in [3.05, 3.63) is 90.0 Å². The Kier molecular flexibility index (Phi) is 6.77. The van der Waals surface area contributed by atoms with E-state index >= 15 is 0 Å². The maximum atomic E-state index is 12.4. The summed E-state index contributed by atoms with van der Waals surface area (Å²) in [6.07, 6.45) is 0.632. The van der Waals surface area contributed by atoms with Gasteiger partial charge in [0.1, 0.15) is 11.6 Å². The summed E-state index contributed by atoms with van der Waals surface area (Å²) in [4.78, 5) is 15.1. The highest BCUT2D eigenvalue weighted by molar-refractivity contribution is 5.59. The minimum atomic E-state index is -4.76. The lowest BCUT2D eigenvalue weighted by Gasteiger charge is -2.18. The first-order valence-electron chi connectivity index (χ1n) is 11.5. The zero-order chi connectivity index (χ0) is 26.7. The molecule has 4 heterocycles. The number of pyridine rings is 2. The topological polar surface area (TPSA) is 95.0 Å². The monoisotopic (exact) mass is 521 g/mol. The molecular weight excluding hydrogens is 499 g/mol. The van der Waals surface area contributed by atoms with Crippen LogP contribution < -0.4 is 9.64 Å². The van der Waals surface area contributed by atoms with Crippen LogP contribution in [-0.4, -0.2) is 43.3 Å². The molecule has 0 saturated carbocycles. The number of aromatic nitrogens is 6. The number of halogens is 3. The van der Waals surface area contributed by atoms with E-state index in [1.54, 1.807) is 10.9 Å². The van der Waals surface area contributed by atoms with Crippen LogP contribution in [0.5, 0.6) is 5.75 Å². The van der Waals surface area contributed by atoms with Crippen molar-refractivity contribution in [2.45, 2.75) is 26.4 Å². The molecule has 0 aliphatic rings. The van der Waals surface area contributed by atoms with Crippen molar-refractivity contribution in [3.8, 4) is 28.7 Å². The molecule has 0 amide bonds. The summed E-state index contributed by atoms with van der Waals surface area (Å²) >= 11 is 0. The molecule has 4 aromatic heterocycles. The molecule has 1 aromatic carbocycles. The molecule has 5 aromatic rings. The van der Waals surface area contributed by atoms with Crippen LogP contribution >= 0.6 is 0 Å². The van der Waals surface area contributed by atoms with Crippen LogP contribution in [0.1, 0.15) is 16.8 Å². The third-order valence-electron chi connectivity index (χ3n) is 5.65. The molecule has 0 bridgehead atoms. The first-order chi connectivity index (χ1) is 18.2. The van der Waals surface area contributed by atoms with Gasteiger partial charge < -0.3 is 14.2 Å². The van der Waals surface area contributed by atoms with Crippen LogP contribution in [0.2, 0.25) is 0 Å². The smallest absolute Gasteiger partial charge is 0.406 e. The molecule has 12 heteroatoms. The largest absolute Gasteiger partial charge is 0.573 e. The van der Waals surface area contributed by atoms with E-state index in [1.165, 1.54) is 24.3 Å². The molecule has 0 spiro atoms. The maximum absolute atomic E-state index is 12.4. The molecule has 0 fully saturated rings. The van der Waals surface area contributed by atoms with Crippen LogP contribution in [-0.2, 0) is 13.1 Å². The summed E-state index contributed by atoms with van der Waals surface area (Å²) in [5.41, 5.74) is 3.90. The minimum absolute atomic E-state index is 0.197. The van der Waals surface area contributed by atoms with Crippen LogP contribution in [0.3, 0.4) is 0 Å². The van der Waals surface area contributed by atoms with Gasteiger partial charge in [0.25, 0.3) is 5.89 Å². The third-order valence-corrected chi connectivity index (χ3v) is 5.65. The molecule has 194 valence electrons. The number of alkyl halides is 3. The van der Waals surface area contributed by atoms with Gasteiger partial charge >= 0.3 is 6.36 Å². The number of aryl methyl sites for hydroxylation is 1. The summed E-state index contributed by atoms with van der Waals surface area (Å²) in [5, 5.41) is 8.51. The van der Waals surface area contributed by atoms with E-state index in [4.69, 9.17) is 4.52 Å². The van der Waals surface area contributed by atoms with Crippen molar-refractivity contribution in [3.63, 3.8) is 0 Å². The van der Waals surface area contributed by atoms with E-state index < -0.39 is 6.36 Å². The SMILES string of the molecule is Cc1cc(-c2nc(-c3ccc(OC(F)(F)F)cc3)no2)nn1Cc1ccc(N(C)Cc2cccnc2)nc1. The molecule has 5 rings (SSSR count). The second kappa shape index (κ2) is 10.3. The van der Waals surface area contributed by atoms with Crippen LogP contribution in [0.4, 0.5) is 19.0 Å². The Labute approximate surface area is 215 Å². The average molecular weight is 522 g/mol. The van der Waals surface area contributed by atoms with E-state index in [-0.39, 0.29) is 17.5 Å². The lowest BCUT2D eigenvalue weighted by Crippen LogP contribution is -2.17. The predicted molar refractivity (Wildman–Crippen MR) is 132 cm³/mol. The number of ether oxygens (including phenoxy) is 1. The van der Waals surface area contributed by atoms with Crippen LogP contribution in [0.25, 0.3) is 23.0 Å². The summed E-state index contributed by atoms with van der Waals surface area (Å²) in [6, 6.07) is 14.9. The number of nitrogens with zero attached hydrogens (tertiary/aromatic N) is 7. The van der Waals surface area contributed by atoms with Crippen molar-refractivity contribution in [1.82, 2.24) is 29.9 Å². The van der Waals surface area contributed by atoms with E-state index in [9.17, 15) is 13.2 Å². The highest BCUT2D eigenvalue weighted by atomic mass is 19.4. The zero-order valence-electron chi connectivity index (χ0n) is 20.4. The van der Waals surface area contributed by atoms with Gasteiger partial charge in [-0.2, -0.15) is 10.1 Å². The lowest BCUT2D eigenvalue weighted by molar-refractivity contribution is -0.274. The Morgan fingerprint density at radius 2 is 1.84 bits per heavy atom.